The first-order valence-electron chi connectivity index (χ1n) is 8.07. The average molecular weight is 360 g/mol. The predicted molar refractivity (Wildman–Crippen MR) is 102 cm³/mol. The lowest BCUT2D eigenvalue weighted by molar-refractivity contribution is -0.127. The zero-order chi connectivity index (χ0) is 17.9. The van der Waals surface area contributed by atoms with Gasteiger partial charge < -0.3 is 20.3 Å². The standard InChI is InChI=1S/C18H24N4O2S/c1-22(2)17(23)14-21-18(20-13-16-9-6-12-25-16)19-10-11-24-15-7-4-3-5-8-15/h3-9,12H,10-11,13-14H2,1-2H3,(H2,19,20,21). The number of nitrogens with zero attached hydrogens (tertiary/aromatic N) is 2. The van der Waals surface area contributed by atoms with Crippen LogP contribution in [0, 0.1) is 0 Å². The van der Waals surface area contributed by atoms with Crippen molar-refractivity contribution in [1.82, 2.24) is 15.5 Å². The molecule has 2 rings (SSSR count). The van der Waals surface area contributed by atoms with Crippen LogP contribution < -0.4 is 15.4 Å². The molecule has 7 heteroatoms. The molecule has 1 amide bonds. The Morgan fingerprint density at radius 1 is 1.16 bits per heavy atom. The highest BCUT2D eigenvalue weighted by Gasteiger charge is 2.05. The molecule has 2 aromatic rings. The molecule has 0 radical (unpaired) electrons. The molecule has 0 spiro atoms. The van der Waals surface area contributed by atoms with Crippen LogP contribution in [-0.4, -0.2) is 50.6 Å². The highest BCUT2D eigenvalue weighted by atomic mass is 32.1. The van der Waals surface area contributed by atoms with Gasteiger partial charge in [-0.15, -0.1) is 11.3 Å². The molecule has 134 valence electrons. The quantitative estimate of drug-likeness (QED) is 0.429. The zero-order valence-electron chi connectivity index (χ0n) is 14.6. The third-order valence-electron chi connectivity index (χ3n) is 3.29. The Morgan fingerprint density at radius 2 is 1.96 bits per heavy atom. The summed E-state index contributed by atoms with van der Waals surface area (Å²) >= 11 is 1.67. The van der Waals surface area contributed by atoms with Crippen LogP contribution in [0.5, 0.6) is 5.75 Å². The second-order valence-electron chi connectivity index (χ2n) is 5.47. The number of guanidine groups is 1. The Morgan fingerprint density at radius 3 is 2.64 bits per heavy atom. The largest absolute Gasteiger partial charge is 0.492 e. The molecule has 0 bridgehead atoms. The minimum absolute atomic E-state index is 0.0437. The molecule has 1 aromatic carbocycles. The van der Waals surface area contributed by atoms with E-state index in [0.29, 0.717) is 25.7 Å². The van der Waals surface area contributed by atoms with E-state index in [-0.39, 0.29) is 12.5 Å². The number of para-hydroxylation sites is 1. The highest BCUT2D eigenvalue weighted by molar-refractivity contribution is 7.09. The Kier molecular flexibility index (Phi) is 7.78. The maximum atomic E-state index is 11.7. The summed E-state index contributed by atoms with van der Waals surface area (Å²) in [5.41, 5.74) is 0. The van der Waals surface area contributed by atoms with Crippen LogP contribution in [0.2, 0.25) is 0 Å². The summed E-state index contributed by atoms with van der Waals surface area (Å²) < 4.78 is 5.65. The van der Waals surface area contributed by atoms with Crippen molar-refractivity contribution in [2.75, 3.05) is 33.8 Å². The third kappa shape index (κ3) is 7.26. The minimum atomic E-state index is -0.0437. The van der Waals surface area contributed by atoms with E-state index < -0.39 is 0 Å². The van der Waals surface area contributed by atoms with Gasteiger partial charge in [-0.3, -0.25) is 4.79 Å². The van der Waals surface area contributed by atoms with Crippen molar-refractivity contribution in [1.29, 1.82) is 0 Å². The smallest absolute Gasteiger partial charge is 0.243 e. The molecular formula is C18H24N4O2S. The van der Waals surface area contributed by atoms with E-state index >= 15 is 0 Å². The number of benzene rings is 1. The lowest BCUT2D eigenvalue weighted by Gasteiger charge is -2.14. The first-order valence-corrected chi connectivity index (χ1v) is 8.95. The Balaban J connectivity index is 1.82. The van der Waals surface area contributed by atoms with E-state index in [9.17, 15) is 4.79 Å². The summed E-state index contributed by atoms with van der Waals surface area (Å²) in [6, 6.07) is 13.7. The lowest BCUT2D eigenvalue weighted by Crippen LogP contribution is -2.40. The van der Waals surface area contributed by atoms with Gasteiger partial charge in [0.25, 0.3) is 0 Å². The monoisotopic (exact) mass is 360 g/mol. The van der Waals surface area contributed by atoms with Gasteiger partial charge in [0.15, 0.2) is 5.96 Å². The van der Waals surface area contributed by atoms with Gasteiger partial charge in [0.05, 0.1) is 13.1 Å². The van der Waals surface area contributed by atoms with E-state index in [1.165, 1.54) is 9.78 Å². The van der Waals surface area contributed by atoms with Gasteiger partial charge in [-0.25, -0.2) is 4.99 Å². The molecule has 0 fully saturated rings. The summed E-state index contributed by atoms with van der Waals surface area (Å²) in [5.74, 6) is 1.38. The SMILES string of the molecule is CN(C)C(=O)CN=C(NCCOc1ccccc1)NCc1cccs1. The third-order valence-corrected chi connectivity index (χ3v) is 4.16. The van der Waals surface area contributed by atoms with E-state index in [4.69, 9.17) is 4.74 Å². The minimum Gasteiger partial charge on any atom is -0.492 e. The molecule has 0 aliphatic carbocycles. The predicted octanol–water partition coefficient (Wildman–Crippen LogP) is 1.95. The Labute approximate surface area is 152 Å². The second-order valence-corrected chi connectivity index (χ2v) is 6.51. The number of nitrogens with one attached hydrogen (secondary N) is 2. The molecule has 6 nitrogen and oxygen atoms in total. The summed E-state index contributed by atoms with van der Waals surface area (Å²) in [7, 11) is 3.44. The maximum absolute atomic E-state index is 11.7. The fraction of sp³-hybridized carbons (Fsp3) is 0.333. The van der Waals surface area contributed by atoms with E-state index in [0.717, 1.165) is 5.75 Å². The summed E-state index contributed by atoms with van der Waals surface area (Å²) in [6.07, 6.45) is 0. The van der Waals surface area contributed by atoms with Gasteiger partial charge in [-0.05, 0) is 23.6 Å². The fourth-order valence-electron chi connectivity index (χ4n) is 1.90. The molecule has 1 aromatic heterocycles. The Bertz CT molecular complexity index is 657. The van der Waals surface area contributed by atoms with Gasteiger partial charge >= 0.3 is 0 Å². The van der Waals surface area contributed by atoms with E-state index in [1.54, 1.807) is 25.4 Å². The number of rotatable bonds is 8. The Hall–Kier alpha value is -2.54. The van der Waals surface area contributed by atoms with Gasteiger partial charge in [0.1, 0.15) is 18.9 Å². The number of hydrogen-bond acceptors (Lipinski definition) is 4. The van der Waals surface area contributed by atoms with Gasteiger partial charge in [-0.1, -0.05) is 24.3 Å². The molecule has 1 heterocycles. The number of ether oxygens (including phenoxy) is 1. The average Bonchev–Trinajstić information content (AvgIpc) is 3.14. The fourth-order valence-corrected chi connectivity index (χ4v) is 2.55. The first kappa shape index (κ1) is 18.8. The molecule has 0 unspecified atom stereocenters. The number of thiophene rings is 1. The van der Waals surface area contributed by atoms with Crippen LogP contribution in [-0.2, 0) is 11.3 Å². The number of hydrogen-bond donors (Lipinski definition) is 2. The van der Waals surface area contributed by atoms with Crippen LogP contribution >= 0.6 is 11.3 Å². The zero-order valence-corrected chi connectivity index (χ0v) is 15.4. The van der Waals surface area contributed by atoms with Gasteiger partial charge in [0, 0.05) is 19.0 Å². The molecule has 0 aliphatic heterocycles. The van der Waals surface area contributed by atoms with E-state index in [2.05, 4.69) is 21.7 Å². The van der Waals surface area contributed by atoms with Gasteiger partial charge in [-0.2, -0.15) is 0 Å². The molecule has 25 heavy (non-hydrogen) atoms. The van der Waals surface area contributed by atoms with Crippen LogP contribution in [0.3, 0.4) is 0 Å². The summed E-state index contributed by atoms with van der Waals surface area (Å²) in [6.45, 7) is 1.86. The molecular weight excluding hydrogens is 336 g/mol. The van der Waals surface area contributed by atoms with Crippen LogP contribution in [0.4, 0.5) is 0 Å². The number of likely N-dealkylation sites (N-methyl/N-ethyl adjacent to an activating group) is 1. The maximum Gasteiger partial charge on any atom is 0.243 e. The normalized spacial score (nSPS) is 11.0. The molecule has 2 N–H and O–H groups in total. The van der Waals surface area contributed by atoms with Gasteiger partial charge in [0.2, 0.25) is 5.91 Å². The van der Waals surface area contributed by atoms with Crippen LogP contribution in [0.25, 0.3) is 0 Å². The molecule has 0 saturated heterocycles. The summed E-state index contributed by atoms with van der Waals surface area (Å²) in [4.78, 5) is 18.8. The van der Waals surface area contributed by atoms with Crippen molar-refractivity contribution < 1.29 is 9.53 Å². The van der Waals surface area contributed by atoms with Crippen molar-refractivity contribution >= 4 is 23.2 Å². The summed E-state index contributed by atoms with van der Waals surface area (Å²) in [5, 5.41) is 8.46. The van der Waals surface area contributed by atoms with Crippen molar-refractivity contribution in [3.8, 4) is 5.75 Å². The number of carbonyl (C=O) groups excluding carboxylic acids is 1. The lowest BCUT2D eigenvalue weighted by atomic mass is 10.3. The van der Waals surface area contributed by atoms with Crippen molar-refractivity contribution in [3.05, 3.63) is 52.7 Å². The second kappa shape index (κ2) is 10.4. The van der Waals surface area contributed by atoms with E-state index in [1.807, 2.05) is 41.8 Å². The molecule has 0 atom stereocenters. The number of amides is 1. The van der Waals surface area contributed by atoms with Crippen molar-refractivity contribution in [3.63, 3.8) is 0 Å². The molecule has 0 aliphatic rings. The van der Waals surface area contributed by atoms with Crippen molar-refractivity contribution in [2.24, 2.45) is 4.99 Å². The highest BCUT2D eigenvalue weighted by Crippen LogP contribution is 2.08. The topological polar surface area (TPSA) is 66.0 Å². The number of aliphatic imine (C=N–C) groups is 1. The van der Waals surface area contributed by atoms with Crippen LogP contribution in [0.15, 0.2) is 52.8 Å². The molecule has 0 saturated carbocycles. The first-order chi connectivity index (χ1) is 12.1. The number of carbonyl (C=O) groups is 1. The van der Waals surface area contributed by atoms with Crippen molar-refractivity contribution in [2.45, 2.75) is 6.54 Å². The van der Waals surface area contributed by atoms with Crippen LogP contribution in [0.1, 0.15) is 4.88 Å².